The monoisotopic (exact) mass is 320 g/mol. The second-order valence-corrected chi connectivity index (χ2v) is 5.92. The van der Waals surface area contributed by atoms with Crippen LogP contribution in [0.4, 0.5) is 0 Å². The maximum atomic E-state index is 6.02. The van der Waals surface area contributed by atoms with Gasteiger partial charge in [-0.05, 0) is 38.2 Å². The number of benzene rings is 1. The van der Waals surface area contributed by atoms with Gasteiger partial charge >= 0.3 is 0 Å². The lowest BCUT2D eigenvalue weighted by Gasteiger charge is -2.27. The van der Waals surface area contributed by atoms with Gasteiger partial charge in [0.1, 0.15) is 5.75 Å². The summed E-state index contributed by atoms with van der Waals surface area (Å²) in [4.78, 5) is 8.68. The first-order valence-electron chi connectivity index (χ1n) is 8.14. The second-order valence-electron chi connectivity index (χ2n) is 5.92. The summed E-state index contributed by atoms with van der Waals surface area (Å²) in [6.07, 6.45) is 1.02. The van der Waals surface area contributed by atoms with E-state index in [0.29, 0.717) is 12.5 Å². The van der Waals surface area contributed by atoms with Gasteiger partial charge in [-0.1, -0.05) is 12.1 Å². The van der Waals surface area contributed by atoms with E-state index in [1.54, 1.807) is 0 Å². The van der Waals surface area contributed by atoms with E-state index in [1.165, 1.54) is 0 Å². The van der Waals surface area contributed by atoms with Crippen LogP contribution in [0.15, 0.2) is 29.3 Å². The van der Waals surface area contributed by atoms with Crippen LogP contribution in [0.5, 0.6) is 5.75 Å². The topological polar surface area (TPSA) is 63.3 Å². The molecule has 1 heterocycles. The molecule has 1 aliphatic rings. The molecular formula is C17H28N4O2. The van der Waals surface area contributed by atoms with Crippen LogP contribution in [0, 0.1) is 0 Å². The summed E-state index contributed by atoms with van der Waals surface area (Å²) in [6, 6.07) is 8.06. The predicted octanol–water partition coefficient (Wildman–Crippen LogP) is 1.16. The lowest BCUT2D eigenvalue weighted by Crippen LogP contribution is -2.44. The Hall–Kier alpha value is -1.79. The molecule has 0 amide bonds. The van der Waals surface area contributed by atoms with Crippen molar-refractivity contribution in [1.29, 1.82) is 0 Å². The summed E-state index contributed by atoms with van der Waals surface area (Å²) in [7, 11) is 4.13. The van der Waals surface area contributed by atoms with Gasteiger partial charge in [-0.15, -0.1) is 0 Å². The Morgan fingerprint density at radius 2 is 1.96 bits per heavy atom. The fourth-order valence-electron chi connectivity index (χ4n) is 2.33. The van der Waals surface area contributed by atoms with Crippen molar-refractivity contribution in [2.75, 3.05) is 53.6 Å². The standard InChI is InChI=1S/C17H28N4O2/c1-20(2)8-3-11-23-16-6-4-15(5-7-16)14-19-17(18)21-9-12-22-13-10-21/h4-7H,3,8-14H2,1-2H3,(H2,18,19). The van der Waals surface area contributed by atoms with Crippen molar-refractivity contribution in [3.05, 3.63) is 29.8 Å². The summed E-state index contributed by atoms with van der Waals surface area (Å²) >= 11 is 0. The Morgan fingerprint density at radius 3 is 2.61 bits per heavy atom. The van der Waals surface area contributed by atoms with Crippen LogP contribution in [0.25, 0.3) is 0 Å². The maximum absolute atomic E-state index is 6.02. The Labute approximate surface area is 138 Å². The largest absolute Gasteiger partial charge is 0.494 e. The van der Waals surface area contributed by atoms with E-state index >= 15 is 0 Å². The number of nitrogens with zero attached hydrogens (tertiary/aromatic N) is 3. The zero-order chi connectivity index (χ0) is 16.5. The summed E-state index contributed by atoms with van der Waals surface area (Å²) in [6.45, 7) is 5.42. The van der Waals surface area contributed by atoms with E-state index < -0.39 is 0 Å². The van der Waals surface area contributed by atoms with Gasteiger partial charge in [0, 0.05) is 19.6 Å². The third-order valence-electron chi connectivity index (χ3n) is 3.70. The molecule has 128 valence electrons. The summed E-state index contributed by atoms with van der Waals surface area (Å²) in [5.41, 5.74) is 7.15. The Morgan fingerprint density at radius 1 is 1.26 bits per heavy atom. The minimum Gasteiger partial charge on any atom is -0.494 e. The molecule has 1 fully saturated rings. The summed E-state index contributed by atoms with van der Waals surface area (Å²) in [5.74, 6) is 1.50. The average molecular weight is 320 g/mol. The number of hydrogen-bond donors (Lipinski definition) is 1. The molecule has 0 spiro atoms. The normalized spacial score (nSPS) is 16.0. The molecule has 0 atom stereocenters. The number of guanidine groups is 1. The molecule has 6 nitrogen and oxygen atoms in total. The van der Waals surface area contributed by atoms with E-state index in [9.17, 15) is 0 Å². The predicted molar refractivity (Wildman–Crippen MR) is 92.8 cm³/mol. The molecule has 2 N–H and O–H groups in total. The minimum atomic E-state index is 0.587. The van der Waals surface area contributed by atoms with Gasteiger partial charge < -0.3 is 25.0 Å². The number of morpholine rings is 1. The number of ether oxygens (including phenoxy) is 2. The van der Waals surface area contributed by atoms with Crippen molar-refractivity contribution in [3.8, 4) is 5.75 Å². The van der Waals surface area contributed by atoms with Gasteiger partial charge in [0.2, 0.25) is 0 Å². The molecule has 0 saturated carbocycles. The van der Waals surface area contributed by atoms with Crippen LogP contribution in [-0.4, -0.2) is 69.3 Å². The Balaban J connectivity index is 1.75. The molecule has 0 aliphatic carbocycles. The molecule has 2 rings (SSSR count). The van der Waals surface area contributed by atoms with Crippen molar-refractivity contribution in [2.24, 2.45) is 10.7 Å². The van der Waals surface area contributed by atoms with Gasteiger partial charge in [0.05, 0.1) is 26.4 Å². The van der Waals surface area contributed by atoms with Crippen molar-refractivity contribution >= 4 is 5.96 Å². The number of rotatable bonds is 7. The fraction of sp³-hybridized carbons (Fsp3) is 0.588. The van der Waals surface area contributed by atoms with Crippen molar-refractivity contribution in [2.45, 2.75) is 13.0 Å². The Bertz CT molecular complexity index is 482. The molecule has 1 aliphatic heterocycles. The molecule has 1 aromatic rings. The first kappa shape index (κ1) is 17.6. The molecular weight excluding hydrogens is 292 g/mol. The van der Waals surface area contributed by atoms with E-state index in [2.05, 4.69) is 28.9 Å². The van der Waals surface area contributed by atoms with Crippen LogP contribution in [0.1, 0.15) is 12.0 Å². The van der Waals surface area contributed by atoms with E-state index in [1.807, 2.05) is 24.3 Å². The molecule has 0 radical (unpaired) electrons. The second kappa shape index (κ2) is 9.37. The third-order valence-corrected chi connectivity index (χ3v) is 3.70. The molecule has 1 saturated heterocycles. The molecule has 0 bridgehead atoms. The zero-order valence-electron chi connectivity index (χ0n) is 14.2. The first-order valence-corrected chi connectivity index (χ1v) is 8.14. The molecule has 6 heteroatoms. The molecule has 1 aromatic carbocycles. The highest BCUT2D eigenvalue weighted by molar-refractivity contribution is 5.78. The summed E-state index contributed by atoms with van der Waals surface area (Å²) in [5, 5.41) is 0. The van der Waals surface area contributed by atoms with Crippen molar-refractivity contribution < 1.29 is 9.47 Å². The molecule has 0 aromatic heterocycles. The lowest BCUT2D eigenvalue weighted by molar-refractivity contribution is 0.0674. The number of aliphatic imine (C=N–C) groups is 1. The third kappa shape index (κ3) is 6.46. The van der Waals surface area contributed by atoms with Gasteiger partial charge in [-0.25, -0.2) is 4.99 Å². The van der Waals surface area contributed by atoms with Crippen molar-refractivity contribution in [1.82, 2.24) is 9.80 Å². The minimum absolute atomic E-state index is 0.587. The average Bonchev–Trinajstić information content (AvgIpc) is 2.58. The van der Waals surface area contributed by atoms with Crippen LogP contribution >= 0.6 is 0 Å². The summed E-state index contributed by atoms with van der Waals surface area (Å²) < 4.78 is 11.0. The van der Waals surface area contributed by atoms with Crippen LogP contribution < -0.4 is 10.5 Å². The fourth-order valence-corrected chi connectivity index (χ4v) is 2.33. The highest BCUT2D eigenvalue weighted by atomic mass is 16.5. The van der Waals surface area contributed by atoms with Gasteiger partial charge in [0.25, 0.3) is 0 Å². The smallest absolute Gasteiger partial charge is 0.191 e. The maximum Gasteiger partial charge on any atom is 0.191 e. The first-order chi connectivity index (χ1) is 11.1. The van der Waals surface area contributed by atoms with Gasteiger partial charge in [-0.2, -0.15) is 0 Å². The number of nitrogens with two attached hydrogens (primary N) is 1. The highest BCUT2D eigenvalue weighted by Gasteiger charge is 2.11. The molecule has 0 unspecified atom stereocenters. The van der Waals surface area contributed by atoms with E-state index in [0.717, 1.165) is 57.2 Å². The number of hydrogen-bond acceptors (Lipinski definition) is 4. The van der Waals surface area contributed by atoms with E-state index in [4.69, 9.17) is 15.2 Å². The van der Waals surface area contributed by atoms with Crippen LogP contribution in [0.2, 0.25) is 0 Å². The van der Waals surface area contributed by atoms with E-state index in [-0.39, 0.29) is 0 Å². The zero-order valence-corrected chi connectivity index (χ0v) is 14.2. The van der Waals surface area contributed by atoms with Gasteiger partial charge in [0.15, 0.2) is 5.96 Å². The van der Waals surface area contributed by atoms with Crippen LogP contribution in [-0.2, 0) is 11.3 Å². The van der Waals surface area contributed by atoms with Crippen LogP contribution in [0.3, 0.4) is 0 Å². The Kier molecular flexibility index (Phi) is 7.16. The SMILES string of the molecule is CN(C)CCCOc1ccc(CN=C(N)N2CCOCC2)cc1. The van der Waals surface area contributed by atoms with Crippen molar-refractivity contribution in [3.63, 3.8) is 0 Å². The van der Waals surface area contributed by atoms with Gasteiger partial charge in [-0.3, -0.25) is 0 Å². The highest BCUT2D eigenvalue weighted by Crippen LogP contribution is 2.13. The lowest BCUT2D eigenvalue weighted by atomic mass is 10.2. The molecule has 23 heavy (non-hydrogen) atoms. The quantitative estimate of drug-likeness (QED) is 0.464.